The van der Waals surface area contributed by atoms with Crippen LogP contribution < -0.4 is 0 Å². The highest BCUT2D eigenvalue weighted by Gasteiger charge is 1.78. The van der Waals surface area contributed by atoms with Gasteiger partial charge in [-0.15, -0.1) is 0 Å². The fraction of sp³-hybridized carbons (Fsp3) is 0.455. The SMILES string of the molecule is CC=CC=NCCCN=CC=CC. The second-order valence-corrected chi connectivity index (χ2v) is 2.52. The van der Waals surface area contributed by atoms with Gasteiger partial charge in [-0.25, -0.2) is 0 Å². The lowest BCUT2D eigenvalue weighted by Crippen LogP contribution is -1.86. The minimum atomic E-state index is 0.859. The Balaban J connectivity index is 3.26. The highest BCUT2D eigenvalue weighted by atomic mass is 14.7. The second kappa shape index (κ2) is 10.8. The van der Waals surface area contributed by atoms with Gasteiger partial charge >= 0.3 is 0 Å². The predicted octanol–water partition coefficient (Wildman–Crippen LogP) is 2.67. The van der Waals surface area contributed by atoms with E-state index in [1.165, 1.54) is 0 Å². The molecule has 0 aromatic heterocycles. The molecule has 2 heteroatoms. The van der Waals surface area contributed by atoms with E-state index in [4.69, 9.17) is 0 Å². The van der Waals surface area contributed by atoms with Crippen LogP contribution in [0.1, 0.15) is 20.3 Å². The molecule has 0 atom stereocenters. The van der Waals surface area contributed by atoms with Gasteiger partial charge in [-0.05, 0) is 32.4 Å². The van der Waals surface area contributed by atoms with E-state index >= 15 is 0 Å². The van der Waals surface area contributed by atoms with Gasteiger partial charge in [0.1, 0.15) is 0 Å². The van der Waals surface area contributed by atoms with E-state index in [9.17, 15) is 0 Å². The summed E-state index contributed by atoms with van der Waals surface area (Å²) >= 11 is 0. The molecule has 0 aromatic rings. The maximum Gasteiger partial charge on any atom is 0.0406 e. The molecule has 0 saturated carbocycles. The summed E-state index contributed by atoms with van der Waals surface area (Å²) in [5.41, 5.74) is 0. The monoisotopic (exact) mass is 178 g/mol. The fourth-order valence-electron chi connectivity index (χ4n) is 0.696. The van der Waals surface area contributed by atoms with Gasteiger partial charge in [-0.3, -0.25) is 9.98 Å². The third-order valence-corrected chi connectivity index (χ3v) is 1.34. The van der Waals surface area contributed by atoms with E-state index in [1.54, 1.807) is 0 Å². The number of nitrogens with zero attached hydrogens (tertiary/aromatic N) is 2. The molecule has 0 saturated heterocycles. The van der Waals surface area contributed by atoms with E-state index in [0.29, 0.717) is 0 Å². The Labute approximate surface area is 80.8 Å². The van der Waals surface area contributed by atoms with Gasteiger partial charge in [0.05, 0.1) is 0 Å². The summed E-state index contributed by atoms with van der Waals surface area (Å²) < 4.78 is 0. The van der Waals surface area contributed by atoms with Crippen molar-refractivity contribution >= 4 is 12.4 Å². The number of allylic oxidation sites excluding steroid dienone is 4. The van der Waals surface area contributed by atoms with Gasteiger partial charge in [-0.1, -0.05) is 12.2 Å². The predicted molar refractivity (Wildman–Crippen MR) is 61.0 cm³/mol. The fourth-order valence-corrected chi connectivity index (χ4v) is 0.696. The van der Waals surface area contributed by atoms with Crippen molar-refractivity contribution in [3.05, 3.63) is 24.3 Å². The molecule has 0 spiro atoms. The third-order valence-electron chi connectivity index (χ3n) is 1.34. The minimum Gasteiger partial charge on any atom is -0.293 e. The molecule has 0 rings (SSSR count). The van der Waals surface area contributed by atoms with Crippen molar-refractivity contribution in [3.8, 4) is 0 Å². The molecule has 0 N–H and O–H groups in total. The highest BCUT2D eigenvalue weighted by Crippen LogP contribution is 1.82. The molecule has 0 unspecified atom stereocenters. The average molecular weight is 178 g/mol. The lowest BCUT2D eigenvalue weighted by Gasteiger charge is -1.88. The van der Waals surface area contributed by atoms with Gasteiger partial charge in [0.25, 0.3) is 0 Å². The summed E-state index contributed by atoms with van der Waals surface area (Å²) in [6.45, 7) is 5.68. The van der Waals surface area contributed by atoms with Gasteiger partial charge < -0.3 is 0 Å². The molecule has 0 aliphatic rings. The van der Waals surface area contributed by atoms with Crippen LogP contribution >= 0.6 is 0 Å². The zero-order valence-corrected chi connectivity index (χ0v) is 8.48. The lowest BCUT2D eigenvalue weighted by molar-refractivity contribution is 0.851. The summed E-state index contributed by atoms with van der Waals surface area (Å²) in [5.74, 6) is 0. The molecule has 0 amide bonds. The maximum absolute atomic E-state index is 4.18. The number of hydrogen-bond donors (Lipinski definition) is 0. The topological polar surface area (TPSA) is 24.7 Å². The Kier molecular flexibility index (Phi) is 9.84. The van der Waals surface area contributed by atoms with Crippen LogP contribution in [0.2, 0.25) is 0 Å². The molecule has 0 fully saturated rings. The average Bonchev–Trinajstić information content (AvgIpc) is 2.16. The summed E-state index contributed by atoms with van der Waals surface area (Å²) in [4.78, 5) is 8.35. The van der Waals surface area contributed by atoms with E-state index in [1.807, 2.05) is 50.6 Å². The zero-order chi connectivity index (χ0) is 9.78. The molecular weight excluding hydrogens is 160 g/mol. The smallest absolute Gasteiger partial charge is 0.0406 e. The van der Waals surface area contributed by atoms with Crippen molar-refractivity contribution in [1.29, 1.82) is 0 Å². The van der Waals surface area contributed by atoms with E-state index in [0.717, 1.165) is 19.5 Å². The van der Waals surface area contributed by atoms with Crippen LogP contribution in [0.25, 0.3) is 0 Å². The Morgan fingerprint density at radius 2 is 1.31 bits per heavy atom. The van der Waals surface area contributed by atoms with Crippen molar-refractivity contribution in [3.63, 3.8) is 0 Å². The first kappa shape index (κ1) is 11.8. The molecule has 0 aliphatic carbocycles. The molecule has 2 nitrogen and oxygen atoms in total. The van der Waals surface area contributed by atoms with Crippen molar-refractivity contribution in [2.45, 2.75) is 20.3 Å². The maximum atomic E-state index is 4.18. The van der Waals surface area contributed by atoms with Gasteiger partial charge in [0.15, 0.2) is 0 Å². The van der Waals surface area contributed by atoms with Crippen molar-refractivity contribution in [2.24, 2.45) is 9.98 Å². The van der Waals surface area contributed by atoms with E-state index < -0.39 is 0 Å². The van der Waals surface area contributed by atoms with Crippen LogP contribution in [0.3, 0.4) is 0 Å². The standard InChI is InChI=1S/C11H18N2/c1-3-5-8-12-10-7-11-13-9-6-4-2/h3-6,8-9H,7,10-11H2,1-2H3. The van der Waals surface area contributed by atoms with Crippen LogP contribution in [0, 0.1) is 0 Å². The Bertz CT molecular complexity index is 178. The van der Waals surface area contributed by atoms with Crippen molar-refractivity contribution in [1.82, 2.24) is 0 Å². The molecule has 72 valence electrons. The number of hydrogen-bond acceptors (Lipinski definition) is 2. The molecule has 0 radical (unpaired) electrons. The Morgan fingerprint density at radius 1 is 0.846 bits per heavy atom. The molecule has 0 aromatic carbocycles. The van der Waals surface area contributed by atoms with Crippen LogP contribution in [0.4, 0.5) is 0 Å². The minimum absolute atomic E-state index is 0.859. The van der Waals surface area contributed by atoms with Crippen LogP contribution in [0.15, 0.2) is 34.3 Å². The molecule has 0 aliphatic heterocycles. The summed E-state index contributed by atoms with van der Waals surface area (Å²) in [6.07, 6.45) is 12.5. The molecule has 0 bridgehead atoms. The zero-order valence-electron chi connectivity index (χ0n) is 8.48. The summed E-state index contributed by atoms with van der Waals surface area (Å²) in [5, 5.41) is 0. The highest BCUT2D eigenvalue weighted by molar-refractivity contribution is 5.71. The van der Waals surface area contributed by atoms with Gasteiger partial charge in [0, 0.05) is 25.5 Å². The third kappa shape index (κ3) is 10.8. The lowest BCUT2D eigenvalue weighted by atomic mass is 10.4. The summed E-state index contributed by atoms with van der Waals surface area (Å²) in [6, 6.07) is 0. The van der Waals surface area contributed by atoms with E-state index in [-0.39, 0.29) is 0 Å². The van der Waals surface area contributed by atoms with Crippen molar-refractivity contribution in [2.75, 3.05) is 13.1 Å². The number of aliphatic imine (C=N–C) groups is 2. The first-order chi connectivity index (χ1) is 6.41. The molecule has 13 heavy (non-hydrogen) atoms. The van der Waals surface area contributed by atoms with Crippen LogP contribution in [-0.2, 0) is 0 Å². The molecular formula is C11H18N2. The molecule has 0 heterocycles. The second-order valence-electron chi connectivity index (χ2n) is 2.52. The Hall–Kier alpha value is -1.18. The quantitative estimate of drug-likeness (QED) is 0.441. The van der Waals surface area contributed by atoms with Gasteiger partial charge in [-0.2, -0.15) is 0 Å². The first-order valence-corrected chi connectivity index (χ1v) is 4.64. The largest absolute Gasteiger partial charge is 0.293 e. The normalized spacial score (nSPS) is 13.1. The van der Waals surface area contributed by atoms with Crippen LogP contribution in [-0.4, -0.2) is 25.5 Å². The summed E-state index contributed by atoms with van der Waals surface area (Å²) in [7, 11) is 0. The van der Waals surface area contributed by atoms with Gasteiger partial charge in [0.2, 0.25) is 0 Å². The van der Waals surface area contributed by atoms with E-state index in [2.05, 4.69) is 9.98 Å². The Morgan fingerprint density at radius 3 is 1.69 bits per heavy atom. The van der Waals surface area contributed by atoms with Crippen LogP contribution in [0.5, 0.6) is 0 Å². The van der Waals surface area contributed by atoms with Crippen molar-refractivity contribution < 1.29 is 0 Å². The number of rotatable bonds is 6. The first-order valence-electron chi connectivity index (χ1n) is 4.64.